The van der Waals surface area contributed by atoms with Gasteiger partial charge in [-0.05, 0) is 18.2 Å². The van der Waals surface area contributed by atoms with Gasteiger partial charge in [0.1, 0.15) is 0 Å². The van der Waals surface area contributed by atoms with Crippen LogP contribution in [0.2, 0.25) is 0 Å². The van der Waals surface area contributed by atoms with Crippen LogP contribution in [0.1, 0.15) is 10.4 Å². The maximum absolute atomic E-state index is 10.9. The van der Waals surface area contributed by atoms with E-state index in [0.29, 0.717) is 5.56 Å². The van der Waals surface area contributed by atoms with E-state index < -0.39 is 0 Å². The van der Waals surface area contributed by atoms with Gasteiger partial charge in [0.15, 0.2) is 0 Å². The van der Waals surface area contributed by atoms with Crippen LogP contribution >= 0.6 is 0 Å². The Labute approximate surface area is 76.3 Å². The fraction of sp³-hybridized carbons (Fsp3) is 0.222. The van der Waals surface area contributed by atoms with E-state index in [0.717, 1.165) is 18.0 Å². The lowest BCUT2D eigenvalue weighted by molar-refractivity contribution is 0.100. The molecule has 2 rings (SSSR count). The first-order valence-electron chi connectivity index (χ1n) is 4.07. The van der Waals surface area contributed by atoms with Gasteiger partial charge in [-0.25, -0.2) is 0 Å². The number of primary amides is 1. The van der Waals surface area contributed by atoms with Gasteiger partial charge >= 0.3 is 0 Å². The number of nitrogens with two attached hydrogens (primary N) is 1. The summed E-state index contributed by atoms with van der Waals surface area (Å²) in [5.41, 5.74) is 7.80. The lowest BCUT2D eigenvalue weighted by Crippen LogP contribution is -2.16. The van der Waals surface area contributed by atoms with Crippen LogP contribution < -0.4 is 16.0 Å². The number of anilines is 2. The quantitative estimate of drug-likeness (QED) is 0.660. The second-order valence-electron chi connectivity index (χ2n) is 3.13. The molecule has 0 aliphatic carbocycles. The van der Waals surface area contributed by atoms with Crippen LogP contribution in [0.25, 0.3) is 0 Å². The highest BCUT2D eigenvalue weighted by Crippen LogP contribution is 2.30. The van der Waals surface area contributed by atoms with Crippen LogP contribution in [0.15, 0.2) is 18.2 Å². The van der Waals surface area contributed by atoms with Gasteiger partial charge in [0.2, 0.25) is 5.91 Å². The number of nitrogens with zero attached hydrogens (tertiary/aromatic N) is 1. The largest absolute Gasteiger partial charge is 0.366 e. The Bertz CT molecular complexity index is 362. The number of carbonyl (C=O) groups is 1. The lowest BCUT2D eigenvalue weighted by Gasteiger charge is -2.09. The Kier molecular flexibility index (Phi) is 1.62. The Balaban J connectivity index is 2.47. The van der Waals surface area contributed by atoms with Gasteiger partial charge in [0.05, 0.1) is 18.0 Å². The van der Waals surface area contributed by atoms with Gasteiger partial charge in [-0.2, -0.15) is 0 Å². The molecule has 0 spiro atoms. The highest BCUT2D eigenvalue weighted by molar-refractivity contribution is 5.95. The average molecular weight is 177 g/mol. The first kappa shape index (κ1) is 7.91. The van der Waals surface area contributed by atoms with Gasteiger partial charge in [0.25, 0.3) is 0 Å². The molecule has 1 aromatic carbocycles. The smallest absolute Gasteiger partial charge is 0.248 e. The number of nitrogens with one attached hydrogen (secondary N) is 1. The van der Waals surface area contributed by atoms with Crippen molar-refractivity contribution in [3.05, 3.63) is 23.8 Å². The van der Waals surface area contributed by atoms with Crippen molar-refractivity contribution in [3.63, 3.8) is 0 Å². The minimum absolute atomic E-state index is 0.386. The fourth-order valence-corrected chi connectivity index (χ4v) is 1.44. The molecule has 0 atom stereocenters. The molecule has 1 amide bonds. The zero-order chi connectivity index (χ0) is 9.42. The molecule has 0 radical (unpaired) electrons. The summed E-state index contributed by atoms with van der Waals surface area (Å²) in [6.07, 6.45) is 0. The van der Waals surface area contributed by atoms with Crippen molar-refractivity contribution in [2.45, 2.75) is 0 Å². The third kappa shape index (κ3) is 1.20. The summed E-state index contributed by atoms with van der Waals surface area (Å²) >= 11 is 0. The number of benzene rings is 1. The number of amides is 1. The molecular formula is C9H11N3O. The van der Waals surface area contributed by atoms with Crippen molar-refractivity contribution in [1.82, 2.24) is 0 Å². The highest BCUT2D eigenvalue weighted by atomic mass is 16.1. The number of carbonyl (C=O) groups excluding carboxylic acids is 1. The maximum Gasteiger partial charge on any atom is 0.248 e. The first-order chi connectivity index (χ1) is 6.18. The van der Waals surface area contributed by atoms with E-state index in [4.69, 9.17) is 5.73 Å². The molecule has 1 aliphatic rings. The molecule has 1 aromatic rings. The van der Waals surface area contributed by atoms with E-state index in [-0.39, 0.29) is 5.91 Å². The molecule has 1 heterocycles. The van der Waals surface area contributed by atoms with E-state index in [1.807, 2.05) is 18.0 Å². The third-order valence-electron chi connectivity index (χ3n) is 2.20. The molecule has 4 heteroatoms. The Morgan fingerprint density at radius 3 is 3.08 bits per heavy atom. The van der Waals surface area contributed by atoms with Gasteiger partial charge < -0.3 is 16.0 Å². The van der Waals surface area contributed by atoms with Crippen molar-refractivity contribution >= 4 is 17.3 Å². The topological polar surface area (TPSA) is 58.4 Å². The summed E-state index contributed by atoms with van der Waals surface area (Å²) in [5, 5.41) is 3.19. The van der Waals surface area contributed by atoms with Crippen molar-refractivity contribution in [3.8, 4) is 0 Å². The van der Waals surface area contributed by atoms with Crippen LogP contribution in [-0.4, -0.2) is 19.6 Å². The molecule has 13 heavy (non-hydrogen) atoms. The monoisotopic (exact) mass is 177 g/mol. The maximum atomic E-state index is 10.9. The van der Waals surface area contributed by atoms with E-state index in [9.17, 15) is 4.79 Å². The number of hydrogen-bond donors (Lipinski definition) is 2. The molecule has 68 valence electrons. The van der Waals surface area contributed by atoms with Gasteiger partial charge in [-0.1, -0.05) is 0 Å². The summed E-state index contributed by atoms with van der Waals surface area (Å²) in [4.78, 5) is 12.9. The number of hydrogen-bond acceptors (Lipinski definition) is 3. The van der Waals surface area contributed by atoms with Crippen molar-refractivity contribution < 1.29 is 4.79 Å². The summed E-state index contributed by atoms with van der Waals surface area (Å²) in [6.45, 7) is 0.775. The van der Waals surface area contributed by atoms with E-state index in [1.165, 1.54) is 0 Å². The standard InChI is InChI=1S/C9H11N3O/c1-12-5-11-7-3-2-6(9(10)13)4-8(7)12/h2-4,11H,5H2,1H3,(H2,10,13). The fourth-order valence-electron chi connectivity index (χ4n) is 1.44. The summed E-state index contributed by atoms with van der Waals surface area (Å²) < 4.78 is 0. The molecule has 0 saturated heterocycles. The number of fused-ring (bicyclic) bond motifs is 1. The van der Waals surface area contributed by atoms with Crippen LogP contribution in [0.3, 0.4) is 0 Å². The summed E-state index contributed by atoms with van der Waals surface area (Å²) in [7, 11) is 1.96. The predicted octanol–water partition coefficient (Wildman–Crippen LogP) is 0.605. The third-order valence-corrected chi connectivity index (χ3v) is 2.20. The van der Waals surface area contributed by atoms with E-state index >= 15 is 0 Å². The van der Waals surface area contributed by atoms with Crippen LogP contribution in [0.4, 0.5) is 11.4 Å². The molecule has 0 aromatic heterocycles. The van der Waals surface area contributed by atoms with Gasteiger partial charge in [-0.3, -0.25) is 4.79 Å². The summed E-state index contributed by atoms with van der Waals surface area (Å²) in [5.74, 6) is -0.386. The normalized spacial score (nSPS) is 13.8. The Hall–Kier alpha value is -1.71. The van der Waals surface area contributed by atoms with Gasteiger partial charge in [0, 0.05) is 12.6 Å². The number of rotatable bonds is 1. The molecule has 4 nitrogen and oxygen atoms in total. The second kappa shape index (κ2) is 2.65. The van der Waals surface area contributed by atoms with Crippen LogP contribution in [-0.2, 0) is 0 Å². The molecule has 3 N–H and O–H groups in total. The van der Waals surface area contributed by atoms with E-state index in [1.54, 1.807) is 12.1 Å². The van der Waals surface area contributed by atoms with Crippen LogP contribution in [0, 0.1) is 0 Å². The molecule has 1 aliphatic heterocycles. The molecule has 0 fully saturated rings. The van der Waals surface area contributed by atoms with Crippen molar-refractivity contribution in [2.24, 2.45) is 5.73 Å². The molecule has 0 saturated carbocycles. The molecular weight excluding hydrogens is 166 g/mol. The minimum atomic E-state index is -0.386. The summed E-state index contributed by atoms with van der Waals surface area (Å²) in [6, 6.07) is 5.41. The van der Waals surface area contributed by atoms with Crippen LogP contribution in [0.5, 0.6) is 0 Å². The van der Waals surface area contributed by atoms with Gasteiger partial charge in [-0.15, -0.1) is 0 Å². The lowest BCUT2D eigenvalue weighted by atomic mass is 10.1. The van der Waals surface area contributed by atoms with Crippen molar-refractivity contribution in [2.75, 3.05) is 23.9 Å². The second-order valence-corrected chi connectivity index (χ2v) is 3.13. The highest BCUT2D eigenvalue weighted by Gasteiger charge is 2.15. The van der Waals surface area contributed by atoms with E-state index in [2.05, 4.69) is 5.32 Å². The van der Waals surface area contributed by atoms with Crippen molar-refractivity contribution in [1.29, 1.82) is 0 Å². The SMILES string of the molecule is CN1CNc2ccc(C(N)=O)cc21. The minimum Gasteiger partial charge on any atom is -0.366 e. The molecule has 0 bridgehead atoms. The predicted molar refractivity (Wildman–Crippen MR) is 51.9 cm³/mol. The first-order valence-corrected chi connectivity index (χ1v) is 4.07. The Morgan fingerprint density at radius 1 is 1.62 bits per heavy atom. The Morgan fingerprint density at radius 2 is 2.38 bits per heavy atom. The average Bonchev–Trinajstić information content (AvgIpc) is 2.47. The molecule has 0 unspecified atom stereocenters. The zero-order valence-electron chi connectivity index (χ0n) is 7.37. The zero-order valence-corrected chi connectivity index (χ0v) is 7.37.